The van der Waals surface area contributed by atoms with Crippen LogP contribution in [0.25, 0.3) is 0 Å². The minimum Gasteiger partial charge on any atom is -0.465 e. The van der Waals surface area contributed by atoms with Crippen molar-refractivity contribution < 1.29 is 23.5 Å². The fraction of sp³-hybridized carbons (Fsp3) is 0.125. The summed E-state index contributed by atoms with van der Waals surface area (Å²) in [5, 5.41) is 0. The average Bonchev–Trinajstić information content (AvgIpc) is 2.21. The number of benzene rings is 1. The molecule has 0 unspecified atom stereocenters. The first-order chi connectivity index (χ1) is 8.06. The molecule has 0 spiro atoms. The lowest BCUT2D eigenvalue weighted by Gasteiger charge is -1.96. The summed E-state index contributed by atoms with van der Waals surface area (Å²) in [6.45, 7) is 0. The van der Waals surface area contributed by atoms with Gasteiger partial charge >= 0.3 is 5.97 Å². The van der Waals surface area contributed by atoms with Gasteiger partial charge in [-0.3, -0.25) is 0 Å². The van der Waals surface area contributed by atoms with Crippen molar-refractivity contribution in [3.05, 3.63) is 35.6 Å². The van der Waals surface area contributed by atoms with E-state index in [2.05, 4.69) is 4.74 Å². The van der Waals surface area contributed by atoms with E-state index >= 15 is 0 Å². The fourth-order valence-electron chi connectivity index (χ4n) is 0.474. The number of halogens is 1. The molecular formula is C8H7FO2. The Balaban J connectivity index is 3.38. The van der Waals surface area contributed by atoms with Gasteiger partial charge in [0.1, 0.15) is 5.82 Å². The zero-order chi connectivity index (χ0) is 14.2. The van der Waals surface area contributed by atoms with E-state index in [0.717, 1.165) is 0 Å². The number of hydrogen-bond acceptors (Lipinski definition) is 2. The predicted octanol–water partition coefficient (Wildman–Crippen LogP) is 1.61. The molecule has 0 aliphatic rings. The second kappa shape index (κ2) is 3.14. The number of ether oxygens (including phenoxy) is 1. The predicted molar refractivity (Wildman–Crippen MR) is 37.7 cm³/mol. The van der Waals surface area contributed by atoms with Crippen molar-refractivity contribution in [1.82, 2.24) is 0 Å². The molecule has 0 atom stereocenters. The maximum Gasteiger partial charge on any atom is 0.337 e. The maximum atomic E-state index is 13.3. The summed E-state index contributed by atoms with van der Waals surface area (Å²) in [5.41, 5.74) is -0.982. The van der Waals surface area contributed by atoms with Gasteiger partial charge in [-0.1, -0.05) is 6.04 Å². The van der Waals surface area contributed by atoms with Gasteiger partial charge in [0, 0.05) is 0 Å². The van der Waals surface area contributed by atoms with Crippen LogP contribution in [0, 0.1) is 5.82 Å². The molecule has 0 radical (unpaired) electrons. The van der Waals surface area contributed by atoms with Crippen LogP contribution in [0.15, 0.2) is 24.2 Å². The van der Waals surface area contributed by atoms with E-state index in [0.29, 0.717) is 0 Å². The van der Waals surface area contributed by atoms with Gasteiger partial charge in [-0.05, 0) is 18.1 Å². The van der Waals surface area contributed by atoms with Crippen LogP contribution in [0.2, 0.25) is 0 Å². The third kappa shape index (κ3) is 1.77. The highest BCUT2D eigenvalue weighted by Gasteiger charge is 2.04. The summed E-state index contributed by atoms with van der Waals surface area (Å²) >= 11 is 0. The first kappa shape index (κ1) is 2.59. The number of carbonyl (C=O) groups is 1. The molecule has 0 aliphatic heterocycles. The smallest absolute Gasteiger partial charge is 0.337 e. The van der Waals surface area contributed by atoms with Gasteiger partial charge < -0.3 is 4.74 Å². The zero-order valence-electron chi connectivity index (χ0n) is 12.2. The molecule has 3 heteroatoms. The van der Waals surface area contributed by atoms with E-state index in [-0.39, 0.29) is 0 Å². The lowest BCUT2D eigenvalue weighted by atomic mass is 10.2. The Morgan fingerprint density at radius 3 is 3.36 bits per heavy atom. The highest BCUT2D eigenvalue weighted by Crippen LogP contribution is 2.03. The molecule has 1 aromatic rings. The van der Waals surface area contributed by atoms with Crippen LogP contribution >= 0.6 is 0 Å². The molecule has 1 aromatic carbocycles. The summed E-state index contributed by atoms with van der Waals surface area (Å²) in [6.07, 6.45) is 0. The summed E-state index contributed by atoms with van der Waals surface area (Å²) in [4.78, 5) is 11.4. The van der Waals surface area contributed by atoms with E-state index in [1.165, 1.54) is 0 Å². The highest BCUT2D eigenvalue weighted by atomic mass is 19.1. The normalized spacial score (nSPS) is 19.5. The molecule has 0 saturated carbocycles. The summed E-state index contributed by atoms with van der Waals surface area (Å²) in [6, 6.07) is -3.97. The number of esters is 1. The quantitative estimate of drug-likeness (QED) is 0.585. The van der Waals surface area contributed by atoms with Crippen LogP contribution in [0.5, 0.6) is 0 Å². The summed E-state index contributed by atoms with van der Waals surface area (Å²) in [5.74, 6) is -3.08. The van der Waals surface area contributed by atoms with Crippen LogP contribution in [0.4, 0.5) is 4.39 Å². The van der Waals surface area contributed by atoms with E-state index in [1.807, 2.05) is 0 Å². The van der Waals surface area contributed by atoms with E-state index in [4.69, 9.17) is 9.60 Å². The largest absolute Gasteiger partial charge is 0.465 e. The van der Waals surface area contributed by atoms with Crippen LogP contribution in [-0.2, 0) is 4.74 Å². The third-order valence-corrected chi connectivity index (χ3v) is 0.891. The number of methoxy groups -OCH3 is 1. The lowest BCUT2D eigenvalue weighted by molar-refractivity contribution is 0.0600. The van der Waals surface area contributed by atoms with E-state index in [9.17, 15) is 9.18 Å². The summed E-state index contributed by atoms with van der Waals surface area (Å²) in [7, 11) is -3.10. The minimum absolute atomic E-state index is 0.916. The Kier molecular flexibility index (Phi) is 0.739. The summed E-state index contributed by atoms with van der Waals surface area (Å²) < 4.78 is 66.2. The van der Waals surface area contributed by atoms with Gasteiger partial charge in [0.15, 0.2) is 0 Å². The zero-order valence-corrected chi connectivity index (χ0v) is 5.19. The van der Waals surface area contributed by atoms with Gasteiger partial charge in [-0.25, -0.2) is 9.18 Å². The van der Waals surface area contributed by atoms with Crippen LogP contribution in [0.3, 0.4) is 0 Å². The SMILES string of the molecule is [2H]c1c([2H])c(F)c([2H])c(C(=O)OC([2H])([2H])[2H])c1[2H]. The fourth-order valence-corrected chi connectivity index (χ4v) is 0.474. The van der Waals surface area contributed by atoms with Crippen molar-refractivity contribution in [1.29, 1.82) is 0 Å². The number of rotatable bonds is 1. The average molecular weight is 161 g/mol. The molecular weight excluding hydrogens is 147 g/mol. The molecule has 0 amide bonds. The first-order valence-corrected chi connectivity index (χ1v) is 2.55. The standard InChI is InChI=1S/C8H7FO2/c1-11-8(10)6-3-2-4-7(9)5-6/h2-5H,1H3/i1D3,2D,3D,4D,5D. The van der Waals surface area contributed by atoms with Crippen molar-refractivity contribution in [2.75, 3.05) is 7.04 Å². The third-order valence-electron chi connectivity index (χ3n) is 0.891. The molecule has 0 fully saturated rings. The number of carbonyl (C=O) groups excluding carboxylic acids is 1. The van der Waals surface area contributed by atoms with Gasteiger partial charge in [-0.2, -0.15) is 0 Å². The monoisotopic (exact) mass is 161 g/mol. The van der Waals surface area contributed by atoms with Crippen molar-refractivity contribution >= 4 is 5.97 Å². The molecule has 2 nitrogen and oxygen atoms in total. The van der Waals surface area contributed by atoms with Gasteiger partial charge in [0.25, 0.3) is 0 Å². The van der Waals surface area contributed by atoms with Crippen molar-refractivity contribution in [2.24, 2.45) is 0 Å². The Bertz CT molecular complexity index is 482. The van der Waals surface area contributed by atoms with Gasteiger partial charge in [-0.15, -0.1) is 0 Å². The Hall–Kier alpha value is -1.38. The lowest BCUT2D eigenvalue weighted by Crippen LogP contribution is -2.00. The van der Waals surface area contributed by atoms with Crippen LogP contribution in [-0.4, -0.2) is 13.0 Å². The molecule has 0 aliphatic carbocycles. The van der Waals surface area contributed by atoms with Crippen molar-refractivity contribution in [3.8, 4) is 0 Å². The second-order valence-electron chi connectivity index (χ2n) is 1.58. The van der Waals surface area contributed by atoms with E-state index in [1.54, 1.807) is 0 Å². The molecule has 0 saturated heterocycles. The first-order valence-electron chi connectivity index (χ1n) is 6.05. The molecule has 1 rings (SSSR count). The van der Waals surface area contributed by atoms with E-state index < -0.39 is 48.6 Å². The molecule has 0 heterocycles. The maximum absolute atomic E-state index is 13.3. The molecule has 0 N–H and O–H groups in total. The van der Waals surface area contributed by atoms with Crippen molar-refractivity contribution in [3.63, 3.8) is 0 Å². The van der Waals surface area contributed by atoms with Crippen molar-refractivity contribution in [2.45, 2.75) is 0 Å². The Labute approximate surface area is 73.4 Å². The number of hydrogen-bond donors (Lipinski definition) is 0. The Morgan fingerprint density at radius 1 is 1.82 bits per heavy atom. The highest BCUT2D eigenvalue weighted by molar-refractivity contribution is 5.89. The molecule has 0 bridgehead atoms. The molecule has 11 heavy (non-hydrogen) atoms. The topological polar surface area (TPSA) is 26.3 Å². The van der Waals surface area contributed by atoms with Gasteiger partial charge in [0.05, 0.1) is 22.2 Å². The van der Waals surface area contributed by atoms with Crippen LogP contribution in [0.1, 0.15) is 20.0 Å². The second-order valence-corrected chi connectivity index (χ2v) is 1.58. The minimum atomic E-state index is -3.10. The van der Waals surface area contributed by atoms with Crippen LogP contribution < -0.4 is 0 Å². The molecule has 0 aromatic heterocycles. The molecule has 58 valence electrons. The van der Waals surface area contributed by atoms with Gasteiger partial charge in [0.2, 0.25) is 0 Å². The Morgan fingerprint density at radius 2 is 2.64 bits per heavy atom.